The molecule has 9 heteroatoms. The van der Waals surface area contributed by atoms with Crippen molar-refractivity contribution in [3.8, 4) is 0 Å². The van der Waals surface area contributed by atoms with E-state index >= 15 is 0 Å². The van der Waals surface area contributed by atoms with Crippen LogP contribution in [0.1, 0.15) is 17.8 Å². The lowest BCUT2D eigenvalue weighted by Gasteiger charge is -2.15. The SMILES string of the molecule is COC(OC)c1ccnc(COCC(F)(F)C(F)F)n1. The van der Waals surface area contributed by atoms with Gasteiger partial charge < -0.3 is 14.2 Å². The summed E-state index contributed by atoms with van der Waals surface area (Å²) in [7, 11) is 2.80. The van der Waals surface area contributed by atoms with Crippen LogP contribution in [-0.2, 0) is 20.8 Å². The Balaban J connectivity index is 2.59. The zero-order chi connectivity index (χ0) is 15.2. The lowest BCUT2D eigenvalue weighted by atomic mass is 10.4. The van der Waals surface area contributed by atoms with E-state index in [9.17, 15) is 17.6 Å². The van der Waals surface area contributed by atoms with Gasteiger partial charge in [0.25, 0.3) is 0 Å². The molecular weight excluding hydrogens is 284 g/mol. The van der Waals surface area contributed by atoms with Crippen molar-refractivity contribution in [3.63, 3.8) is 0 Å². The van der Waals surface area contributed by atoms with E-state index in [4.69, 9.17) is 9.47 Å². The normalized spacial score (nSPS) is 12.4. The van der Waals surface area contributed by atoms with Crippen LogP contribution in [0, 0.1) is 0 Å². The van der Waals surface area contributed by atoms with Crippen LogP contribution in [-0.4, -0.2) is 43.1 Å². The third-order valence-electron chi connectivity index (χ3n) is 2.24. The molecule has 0 saturated carbocycles. The molecule has 1 aromatic rings. The predicted molar refractivity (Wildman–Crippen MR) is 59.4 cm³/mol. The second kappa shape index (κ2) is 7.46. The molecule has 0 atom stereocenters. The Morgan fingerprint density at radius 3 is 2.45 bits per heavy atom. The van der Waals surface area contributed by atoms with Crippen molar-refractivity contribution in [3.05, 3.63) is 23.8 Å². The Labute approximate surface area is 112 Å². The first-order chi connectivity index (χ1) is 9.40. The fourth-order valence-electron chi connectivity index (χ4n) is 1.29. The first-order valence-electron chi connectivity index (χ1n) is 5.52. The summed E-state index contributed by atoms with van der Waals surface area (Å²) in [5, 5.41) is 0. The number of ether oxygens (including phenoxy) is 3. The Morgan fingerprint density at radius 2 is 1.90 bits per heavy atom. The topological polar surface area (TPSA) is 53.5 Å². The van der Waals surface area contributed by atoms with Gasteiger partial charge in [-0.3, -0.25) is 0 Å². The summed E-state index contributed by atoms with van der Waals surface area (Å²) in [6.45, 7) is -1.83. The van der Waals surface area contributed by atoms with Gasteiger partial charge in [0.15, 0.2) is 5.82 Å². The van der Waals surface area contributed by atoms with E-state index in [-0.39, 0.29) is 5.82 Å². The number of nitrogens with zero attached hydrogens (tertiary/aromatic N) is 2. The van der Waals surface area contributed by atoms with Gasteiger partial charge in [0.1, 0.15) is 18.9 Å². The number of methoxy groups -OCH3 is 2. The van der Waals surface area contributed by atoms with E-state index in [2.05, 4.69) is 14.7 Å². The molecule has 0 aromatic carbocycles. The molecule has 0 radical (unpaired) electrons. The molecule has 0 aliphatic heterocycles. The predicted octanol–water partition coefficient (Wildman–Crippen LogP) is 2.18. The molecule has 1 heterocycles. The molecule has 5 nitrogen and oxygen atoms in total. The summed E-state index contributed by atoms with van der Waals surface area (Å²) in [6, 6.07) is 1.51. The summed E-state index contributed by atoms with van der Waals surface area (Å²) in [5.41, 5.74) is 0.365. The summed E-state index contributed by atoms with van der Waals surface area (Å²) < 4.78 is 63.5. The number of aromatic nitrogens is 2. The highest BCUT2D eigenvalue weighted by Gasteiger charge is 2.41. The maximum absolute atomic E-state index is 12.6. The van der Waals surface area contributed by atoms with E-state index in [1.165, 1.54) is 26.5 Å². The average Bonchev–Trinajstić information content (AvgIpc) is 2.40. The van der Waals surface area contributed by atoms with Crippen LogP contribution in [0.4, 0.5) is 17.6 Å². The van der Waals surface area contributed by atoms with Gasteiger partial charge in [0.2, 0.25) is 6.29 Å². The minimum Gasteiger partial charge on any atom is -0.367 e. The van der Waals surface area contributed by atoms with Crippen molar-refractivity contribution in [2.45, 2.75) is 25.2 Å². The molecule has 0 aliphatic carbocycles. The van der Waals surface area contributed by atoms with Gasteiger partial charge in [-0.2, -0.15) is 8.78 Å². The molecule has 0 saturated heterocycles. The van der Waals surface area contributed by atoms with Crippen molar-refractivity contribution >= 4 is 0 Å². The highest BCUT2D eigenvalue weighted by Crippen LogP contribution is 2.23. The number of hydrogen-bond acceptors (Lipinski definition) is 5. The van der Waals surface area contributed by atoms with Gasteiger partial charge in [0, 0.05) is 20.4 Å². The first-order valence-corrected chi connectivity index (χ1v) is 5.52. The fourth-order valence-corrected chi connectivity index (χ4v) is 1.29. The van der Waals surface area contributed by atoms with Crippen molar-refractivity contribution in [2.24, 2.45) is 0 Å². The van der Waals surface area contributed by atoms with Crippen LogP contribution in [0.15, 0.2) is 12.3 Å². The molecule has 0 unspecified atom stereocenters. The minimum atomic E-state index is -4.20. The molecule has 0 N–H and O–H groups in total. The second-order valence-electron chi connectivity index (χ2n) is 3.76. The standard InChI is InChI=1S/C11H14F4N2O3/c1-18-9(19-2)7-3-4-16-8(17-7)5-20-6-11(14,15)10(12)13/h3-4,9-10H,5-6H2,1-2H3. The van der Waals surface area contributed by atoms with Crippen LogP contribution in [0.2, 0.25) is 0 Å². The van der Waals surface area contributed by atoms with Gasteiger partial charge in [0.05, 0.1) is 0 Å². The molecule has 0 amide bonds. The van der Waals surface area contributed by atoms with E-state index in [1.807, 2.05) is 0 Å². The first kappa shape index (κ1) is 16.7. The molecule has 0 aliphatic rings. The molecule has 0 bridgehead atoms. The lowest BCUT2D eigenvalue weighted by molar-refractivity contribution is -0.168. The monoisotopic (exact) mass is 298 g/mol. The van der Waals surface area contributed by atoms with Gasteiger partial charge in [-0.05, 0) is 6.07 Å². The summed E-state index contributed by atoms with van der Waals surface area (Å²) >= 11 is 0. The minimum absolute atomic E-state index is 0.0617. The number of halogens is 4. The molecule has 1 rings (SSSR count). The molecule has 114 valence electrons. The highest BCUT2D eigenvalue weighted by molar-refractivity contribution is 5.03. The maximum atomic E-state index is 12.6. The second-order valence-corrected chi connectivity index (χ2v) is 3.76. The Bertz CT molecular complexity index is 416. The van der Waals surface area contributed by atoms with E-state index in [0.29, 0.717) is 5.69 Å². The van der Waals surface area contributed by atoms with Crippen molar-refractivity contribution in [2.75, 3.05) is 20.8 Å². The molecule has 20 heavy (non-hydrogen) atoms. The van der Waals surface area contributed by atoms with Gasteiger partial charge >= 0.3 is 12.3 Å². The van der Waals surface area contributed by atoms with E-state index in [1.54, 1.807) is 0 Å². The summed E-state index contributed by atoms with van der Waals surface area (Å²) in [4.78, 5) is 7.74. The third-order valence-corrected chi connectivity index (χ3v) is 2.24. The van der Waals surface area contributed by atoms with Crippen LogP contribution in [0.3, 0.4) is 0 Å². The Kier molecular flexibility index (Phi) is 6.24. The van der Waals surface area contributed by atoms with Crippen LogP contribution in [0.5, 0.6) is 0 Å². The maximum Gasteiger partial charge on any atom is 0.330 e. The van der Waals surface area contributed by atoms with Gasteiger partial charge in [-0.1, -0.05) is 0 Å². The summed E-state index contributed by atoms with van der Waals surface area (Å²) in [6.07, 6.45) is -3.16. The van der Waals surface area contributed by atoms with Crippen molar-refractivity contribution < 1.29 is 31.8 Å². The molecule has 0 spiro atoms. The van der Waals surface area contributed by atoms with Crippen LogP contribution < -0.4 is 0 Å². The average molecular weight is 298 g/mol. The molecule has 0 fully saturated rings. The highest BCUT2D eigenvalue weighted by atomic mass is 19.3. The van der Waals surface area contributed by atoms with Crippen LogP contribution >= 0.6 is 0 Å². The molecular formula is C11H14F4N2O3. The van der Waals surface area contributed by atoms with Crippen LogP contribution in [0.25, 0.3) is 0 Å². The Morgan fingerprint density at radius 1 is 1.25 bits per heavy atom. The number of alkyl halides is 4. The van der Waals surface area contributed by atoms with Gasteiger partial charge in [-0.15, -0.1) is 0 Å². The van der Waals surface area contributed by atoms with Gasteiger partial charge in [-0.25, -0.2) is 18.7 Å². The quantitative estimate of drug-likeness (QED) is 0.544. The fraction of sp³-hybridized carbons (Fsp3) is 0.636. The zero-order valence-corrected chi connectivity index (χ0v) is 10.9. The largest absolute Gasteiger partial charge is 0.367 e. The third kappa shape index (κ3) is 4.66. The number of rotatable bonds is 8. The number of hydrogen-bond donors (Lipinski definition) is 0. The zero-order valence-electron chi connectivity index (χ0n) is 10.9. The molecule has 1 aromatic heterocycles. The Hall–Kier alpha value is -1.32. The van der Waals surface area contributed by atoms with E-state index in [0.717, 1.165) is 0 Å². The smallest absolute Gasteiger partial charge is 0.330 e. The van der Waals surface area contributed by atoms with E-state index < -0.39 is 31.9 Å². The van der Waals surface area contributed by atoms with Crippen molar-refractivity contribution in [1.82, 2.24) is 9.97 Å². The summed E-state index contributed by atoms with van der Waals surface area (Å²) in [5.74, 6) is -4.13. The lowest BCUT2D eigenvalue weighted by Crippen LogP contribution is -2.32. The van der Waals surface area contributed by atoms with Crippen molar-refractivity contribution in [1.29, 1.82) is 0 Å².